The van der Waals surface area contributed by atoms with E-state index < -0.39 is 0 Å². The number of rotatable bonds is 16. The molecule has 0 aromatic heterocycles. The van der Waals surface area contributed by atoms with E-state index in [9.17, 15) is 0 Å². The Kier molecular flexibility index (Phi) is 15.6. The summed E-state index contributed by atoms with van der Waals surface area (Å²) in [6.07, 6.45) is 2.60. The van der Waals surface area contributed by atoms with Crippen molar-refractivity contribution in [3.8, 4) is 0 Å². The molecule has 0 atom stereocenters. The Bertz CT molecular complexity index is 218. The van der Waals surface area contributed by atoms with Gasteiger partial charge < -0.3 is 19.4 Å². The molecule has 0 aliphatic carbocycles. The molecule has 0 aliphatic heterocycles. The number of hydrogen-bond acceptors (Lipinski definition) is 4. The van der Waals surface area contributed by atoms with E-state index >= 15 is 0 Å². The van der Waals surface area contributed by atoms with E-state index in [2.05, 4.69) is 49.3 Å². The molecule has 4 nitrogen and oxygen atoms in total. The highest BCUT2D eigenvalue weighted by Crippen LogP contribution is 1.99. The normalized spacial score (nSPS) is 12.0. The van der Waals surface area contributed by atoms with Gasteiger partial charge in [0.15, 0.2) is 0 Å². The Balaban J connectivity index is 3.58. The van der Waals surface area contributed by atoms with Gasteiger partial charge in [0, 0.05) is 13.1 Å². The lowest BCUT2D eigenvalue weighted by molar-refractivity contribution is 0.0857. The van der Waals surface area contributed by atoms with Crippen molar-refractivity contribution in [3.63, 3.8) is 0 Å². The van der Waals surface area contributed by atoms with Crippen molar-refractivity contribution in [3.05, 3.63) is 0 Å². The third-order valence-corrected chi connectivity index (χ3v) is 4.54. The second kappa shape index (κ2) is 15.7. The Morgan fingerprint density at radius 3 is 1.32 bits per heavy atom. The Hall–Kier alpha value is -0.160. The number of likely N-dealkylation sites (N-methyl/N-ethyl adjacent to an activating group) is 2. The first-order valence-corrected chi connectivity index (χ1v) is 9.46. The van der Waals surface area contributed by atoms with E-state index in [1.807, 2.05) is 0 Å². The Morgan fingerprint density at radius 1 is 0.500 bits per heavy atom. The van der Waals surface area contributed by atoms with Crippen molar-refractivity contribution >= 4 is 0 Å². The predicted molar refractivity (Wildman–Crippen MR) is 97.7 cm³/mol. The first-order chi connectivity index (χ1) is 10.7. The summed E-state index contributed by atoms with van der Waals surface area (Å²) < 4.78 is 5.79. The van der Waals surface area contributed by atoms with Gasteiger partial charge in [-0.25, -0.2) is 0 Å². The lowest BCUT2D eigenvalue weighted by Gasteiger charge is -2.22. The minimum absolute atomic E-state index is 0.862. The quantitative estimate of drug-likeness (QED) is 0.408. The van der Waals surface area contributed by atoms with Crippen LogP contribution >= 0.6 is 0 Å². The van der Waals surface area contributed by atoms with Crippen LogP contribution in [-0.4, -0.2) is 86.8 Å². The molecule has 0 bridgehead atoms. The van der Waals surface area contributed by atoms with Crippen molar-refractivity contribution < 1.29 is 4.74 Å². The maximum atomic E-state index is 5.79. The van der Waals surface area contributed by atoms with Crippen molar-refractivity contribution in [1.82, 2.24) is 14.7 Å². The monoisotopic (exact) mass is 315 g/mol. The summed E-state index contributed by atoms with van der Waals surface area (Å²) in [6.45, 7) is 23.2. The van der Waals surface area contributed by atoms with Crippen LogP contribution < -0.4 is 0 Å². The van der Waals surface area contributed by atoms with Crippen LogP contribution in [0.1, 0.15) is 47.5 Å². The number of hydrogen-bond donors (Lipinski definition) is 0. The molecule has 0 fully saturated rings. The molecule has 0 saturated carbocycles. The van der Waals surface area contributed by atoms with Crippen molar-refractivity contribution in [2.24, 2.45) is 0 Å². The minimum atomic E-state index is 0.862. The largest absolute Gasteiger partial charge is 0.379 e. The summed E-state index contributed by atoms with van der Waals surface area (Å²) in [5, 5.41) is 0. The van der Waals surface area contributed by atoms with Gasteiger partial charge in [0.1, 0.15) is 0 Å². The molecule has 0 spiro atoms. The SMILES string of the molecule is CCN(CC)CCCCN(CC)CCOCCN(CC)CC. The van der Waals surface area contributed by atoms with Gasteiger partial charge >= 0.3 is 0 Å². The molecule has 0 N–H and O–H groups in total. The summed E-state index contributed by atoms with van der Waals surface area (Å²) in [4.78, 5) is 7.43. The zero-order valence-electron chi connectivity index (χ0n) is 15.9. The van der Waals surface area contributed by atoms with Crippen LogP contribution in [0.25, 0.3) is 0 Å². The van der Waals surface area contributed by atoms with Gasteiger partial charge in [-0.3, -0.25) is 0 Å². The van der Waals surface area contributed by atoms with Crippen LogP contribution in [0.4, 0.5) is 0 Å². The highest BCUT2D eigenvalue weighted by molar-refractivity contribution is 4.58. The van der Waals surface area contributed by atoms with E-state index in [0.717, 1.165) is 45.9 Å². The molecule has 4 heteroatoms. The first kappa shape index (κ1) is 21.8. The molecule has 0 saturated heterocycles. The zero-order chi connectivity index (χ0) is 16.6. The van der Waals surface area contributed by atoms with Crippen LogP contribution in [-0.2, 0) is 4.74 Å². The van der Waals surface area contributed by atoms with Gasteiger partial charge in [0.2, 0.25) is 0 Å². The van der Waals surface area contributed by atoms with Gasteiger partial charge in [-0.15, -0.1) is 0 Å². The minimum Gasteiger partial charge on any atom is -0.379 e. The standard InChI is InChI=1S/C18H41N3O/c1-6-19(7-2)13-11-12-14-21(10-5)16-18-22-17-15-20(8-3)9-4/h6-18H2,1-5H3. The molecule has 134 valence electrons. The maximum Gasteiger partial charge on any atom is 0.0594 e. The molecule has 0 aromatic rings. The fourth-order valence-electron chi connectivity index (χ4n) is 2.67. The highest BCUT2D eigenvalue weighted by Gasteiger charge is 2.04. The van der Waals surface area contributed by atoms with Crippen LogP contribution in [0.2, 0.25) is 0 Å². The van der Waals surface area contributed by atoms with E-state index in [0.29, 0.717) is 0 Å². The number of unbranched alkanes of at least 4 members (excludes halogenated alkanes) is 1. The third kappa shape index (κ3) is 11.4. The van der Waals surface area contributed by atoms with E-state index in [4.69, 9.17) is 4.74 Å². The Labute approximate surface area is 139 Å². The van der Waals surface area contributed by atoms with Crippen molar-refractivity contribution in [2.45, 2.75) is 47.5 Å². The third-order valence-electron chi connectivity index (χ3n) is 4.54. The van der Waals surface area contributed by atoms with Crippen LogP contribution in [0.3, 0.4) is 0 Å². The summed E-state index contributed by atoms with van der Waals surface area (Å²) in [5.41, 5.74) is 0. The van der Waals surface area contributed by atoms with Crippen LogP contribution in [0.15, 0.2) is 0 Å². The maximum absolute atomic E-state index is 5.79. The lowest BCUT2D eigenvalue weighted by atomic mass is 10.2. The van der Waals surface area contributed by atoms with Crippen LogP contribution in [0, 0.1) is 0 Å². The average Bonchev–Trinajstić information content (AvgIpc) is 2.56. The highest BCUT2D eigenvalue weighted by atomic mass is 16.5. The fraction of sp³-hybridized carbons (Fsp3) is 1.00. The smallest absolute Gasteiger partial charge is 0.0594 e. The summed E-state index contributed by atoms with van der Waals surface area (Å²) in [5.74, 6) is 0. The van der Waals surface area contributed by atoms with Crippen molar-refractivity contribution in [2.75, 3.05) is 72.1 Å². The predicted octanol–water partition coefficient (Wildman–Crippen LogP) is 2.79. The summed E-state index contributed by atoms with van der Waals surface area (Å²) in [7, 11) is 0. The van der Waals surface area contributed by atoms with E-state index in [1.165, 1.54) is 39.0 Å². The molecule has 22 heavy (non-hydrogen) atoms. The second-order valence-electron chi connectivity index (χ2n) is 5.81. The summed E-state index contributed by atoms with van der Waals surface area (Å²) in [6, 6.07) is 0. The molecule has 0 amide bonds. The molecular formula is C18H41N3O. The van der Waals surface area contributed by atoms with Crippen molar-refractivity contribution in [1.29, 1.82) is 0 Å². The van der Waals surface area contributed by atoms with E-state index in [1.54, 1.807) is 0 Å². The van der Waals surface area contributed by atoms with Gasteiger partial charge in [0.05, 0.1) is 13.2 Å². The fourth-order valence-corrected chi connectivity index (χ4v) is 2.67. The van der Waals surface area contributed by atoms with Gasteiger partial charge in [-0.2, -0.15) is 0 Å². The molecule has 0 heterocycles. The molecule has 0 rings (SSSR count). The first-order valence-electron chi connectivity index (χ1n) is 9.46. The molecule has 0 aromatic carbocycles. The average molecular weight is 316 g/mol. The number of nitrogens with zero attached hydrogens (tertiary/aromatic N) is 3. The van der Waals surface area contributed by atoms with Crippen LogP contribution in [0.5, 0.6) is 0 Å². The van der Waals surface area contributed by atoms with Gasteiger partial charge in [-0.05, 0) is 58.7 Å². The van der Waals surface area contributed by atoms with E-state index in [-0.39, 0.29) is 0 Å². The summed E-state index contributed by atoms with van der Waals surface area (Å²) >= 11 is 0. The molecule has 0 unspecified atom stereocenters. The number of ether oxygens (including phenoxy) is 1. The molecule has 0 aliphatic rings. The second-order valence-corrected chi connectivity index (χ2v) is 5.81. The molecule has 0 radical (unpaired) electrons. The van der Waals surface area contributed by atoms with Gasteiger partial charge in [-0.1, -0.05) is 34.6 Å². The topological polar surface area (TPSA) is 19.0 Å². The lowest BCUT2D eigenvalue weighted by Crippen LogP contribution is -2.31. The Morgan fingerprint density at radius 2 is 0.864 bits per heavy atom. The zero-order valence-corrected chi connectivity index (χ0v) is 15.9. The van der Waals surface area contributed by atoms with Gasteiger partial charge in [0.25, 0.3) is 0 Å². The molecular weight excluding hydrogens is 274 g/mol.